The monoisotopic (exact) mass is 314 g/mol. The van der Waals surface area contributed by atoms with Gasteiger partial charge in [-0.1, -0.05) is 19.4 Å². The van der Waals surface area contributed by atoms with Gasteiger partial charge in [0, 0.05) is 24.4 Å². The Morgan fingerprint density at radius 1 is 1.48 bits per heavy atom. The minimum atomic E-state index is -0.457. The Morgan fingerprint density at radius 3 is 3.04 bits per heavy atom. The van der Waals surface area contributed by atoms with E-state index in [1.807, 2.05) is 0 Å². The molecule has 2 aromatic rings. The second kappa shape index (κ2) is 6.20. The van der Waals surface area contributed by atoms with Crippen LogP contribution in [0.3, 0.4) is 0 Å². The molecule has 1 heterocycles. The lowest BCUT2D eigenvalue weighted by Crippen LogP contribution is -2.27. The van der Waals surface area contributed by atoms with Gasteiger partial charge in [-0.25, -0.2) is 4.68 Å². The van der Waals surface area contributed by atoms with Gasteiger partial charge < -0.3 is 5.32 Å². The van der Waals surface area contributed by atoms with E-state index in [1.165, 1.54) is 16.8 Å². The Balaban J connectivity index is 1.69. The zero-order chi connectivity index (χ0) is 16.4. The average Bonchev–Trinajstić information content (AvgIpc) is 3.08. The minimum Gasteiger partial charge on any atom is -0.348 e. The highest BCUT2D eigenvalue weighted by Crippen LogP contribution is 2.34. The van der Waals surface area contributed by atoms with Crippen molar-refractivity contribution in [3.63, 3.8) is 0 Å². The van der Waals surface area contributed by atoms with Gasteiger partial charge in [0.1, 0.15) is 0 Å². The molecule has 7 heteroatoms. The van der Waals surface area contributed by atoms with Gasteiger partial charge in [-0.2, -0.15) is 5.10 Å². The molecule has 120 valence electrons. The van der Waals surface area contributed by atoms with Crippen LogP contribution in [0.5, 0.6) is 0 Å². The summed E-state index contributed by atoms with van der Waals surface area (Å²) in [5.74, 6) is 0.389. The zero-order valence-corrected chi connectivity index (χ0v) is 12.8. The normalized spacial score (nSPS) is 19.3. The van der Waals surface area contributed by atoms with Crippen molar-refractivity contribution in [2.45, 2.75) is 32.2 Å². The lowest BCUT2D eigenvalue weighted by atomic mass is 10.2. The number of hydrogen-bond donors (Lipinski definition) is 1. The van der Waals surface area contributed by atoms with E-state index in [9.17, 15) is 14.9 Å². The van der Waals surface area contributed by atoms with Gasteiger partial charge in [0.05, 0.1) is 10.6 Å². The van der Waals surface area contributed by atoms with Crippen LogP contribution in [-0.4, -0.2) is 26.7 Å². The van der Waals surface area contributed by atoms with Crippen LogP contribution in [0, 0.1) is 16.0 Å². The van der Waals surface area contributed by atoms with Crippen molar-refractivity contribution < 1.29 is 9.72 Å². The molecular formula is C16H18N4O3. The number of hydrogen-bond acceptors (Lipinski definition) is 4. The number of aromatic nitrogens is 2. The first-order valence-corrected chi connectivity index (χ1v) is 7.70. The molecular weight excluding hydrogens is 296 g/mol. The first kappa shape index (κ1) is 15.2. The van der Waals surface area contributed by atoms with E-state index < -0.39 is 4.92 Å². The molecule has 1 aromatic carbocycles. The molecule has 0 aliphatic heterocycles. The van der Waals surface area contributed by atoms with Crippen molar-refractivity contribution in [1.29, 1.82) is 0 Å². The van der Waals surface area contributed by atoms with Crippen molar-refractivity contribution in [2.75, 3.05) is 0 Å². The first-order valence-electron chi connectivity index (χ1n) is 7.70. The number of carbonyl (C=O) groups is 1. The summed E-state index contributed by atoms with van der Waals surface area (Å²) in [5, 5.41) is 18.0. The summed E-state index contributed by atoms with van der Waals surface area (Å²) in [4.78, 5) is 22.5. The van der Waals surface area contributed by atoms with Gasteiger partial charge in [0.25, 0.3) is 11.6 Å². The number of nitrogens with zero attached hydrogens (tertiary/aromatic N) is 3. The number of rotatable bonds is 6. The highest BCUT2D eigenvalue weighted by molar-refractivity contribution is 5.92. The molecule has 0 bridgehead atoms. The highest BCUT2D eigenvalue weighted by Gasteiger charge is 2.37. The Morgan fingerprint density at radius 2 is 2.30 bits per heavy atom. The SMILES string of the molecule is CCC[C@@H]1C[C@H]1NC(=O)c1ccn(-c2cccc([N+](=O)[O-])c2)n1. The van der Waals surface area contributed by atoms with Gasteiger partial charge >= 0.3 is 0 Å². The third kappa shape index (κ3) is 3.39. The summed E-state index contributed by atoms with van der Waals surface area (Å²) in [6, 6.07) is 8.01. The number of nitro groups is 1. The number of carbonyl (C=O) groups excluding carboxylic acids is 1. The first-order chi connectivity index (χ1) is 11.1. The van der Waals surface area contributed by atoms with E-state index in [0.717, 1.165) is 19.3 Å². The third-order valence-corrected chi connectivity index (χ3v) is 4.03. The summed E-state index contributed by atoms with van der Waals surface area (Å²) in [6.45, 7) is 2.14. The van der Waals surface area contributed by atoms with Crippen LogP contribution in [0.1, 0.15) is 36.7 Å². The largest absolute Gasteiger partial charge is 0.348 e. The van der Waals surface area contributed by atoms with Crippen LogP contribution < -0.4 is 5.32 Å². The molecule has 2 atom stereocenters. The van der Waals surface area contributed by atoms with E-state index in [1.54, 1.807) is 24.4 Å². The van der Waals surface area contributed by atoms with Crippen LogP contribution in [0.2, 0.25) is 0 Å². The molecule has 7 nitrogen and oxygen atoms in total. The van der Waals surface area contributed by atoms with Crippen molar-refractivity contribution in [3.8, 4) is 5.69 Å². The van der Waals surface area contributed by atoms with Gasteiger partial charge in [-0.05, 0) is 30.9 Å². The maximum atomic E-state index is 12.2. The Labute approximate surface area is 133 Å². The van der Waals surface area contributed by atoms with Gasteiger partial charge in [0.2, 0.25) is 0 Å². The zero-order valence-electron chi connectivity index (χ0n) is 12.8. The molecule has 1 amide bonds. The third-order valence-electron chi connectivity index (χ3n) is 4.03. The predicted molar refractivity (Wildman–Crippen MR) is 84.5 cm³/mol. The molecule has 0 radical (unpaired) electrons. The van der Waals surface area contributed by atoms with Crippen LogP contribution in [0.15, 0.2) is 36.5 Å². The van der Waals surface area contributed by atoms with Crippen molar-refractivity contribution >= 4 is 11.6 Å². The fourth-order valence-corrected chi connectivity index (χ4v) is 2.69. The fourth-order valence-electron chi connectivity index (χ4n) is 2.69. The number of benzene rings is 1. The molecule has 0 unspecified atom stereocenters. The van der Waals surface area contributed by atoms with Gasteiger partial charge in [0.15, 0.2) is 5.69 Å². The lowest BCUT2D eigenvalue weighted by Gasteiger charge is -2.03. The molecule has 1 aliphatic carbocycles. The standard InChI is InChI=1S/C16H18N4O3/c1-2-4-11-9-15(11)17-16(21)14-7-8-19(18-14)12-5-3-6-13(10-12)20(22)23/h3,5-8,10-11,15H,2,4,9H2,1H3,(H,17,21)/t11-,15-/m1/s1. The Kier molecular flexibility index (Phi) is 4.10. The number of non-ortho nitro benzene ring substituents is 1. The van der Waals surface area contributed by atoms with Gasteiger partial charge in [-0.15, -0.1) is 0 Å². The second-order valence-corrected chi connectivity index (χ2v) is 5.79. The number of nitro benzene ring substituents is 1. The average molecular weight is 314 g/mol. The van der Waals surface area contributed by atoms with Crippen LogP contribution in [-0.2, 0) is 0 Å². The topological polar surface area (TPSA) is 90.1 Å². The summed E-state index contributed by atoms with van der Waals surface area (Å²) in [7, 11) is 0. The fraction of sp³-hybridized carbons (Fsp3) is 0.375. The van der Waals surface area contributed by atoms with E-state index >= 15 is 0 Å². The van der Waals surface area contributed by atoms with Crippen molar-refractivity contribution in [3.05, 3.63) is 52.3 Å². The summed E-state index contributed by atoms with van der Waals surface area (Å²) in [6.07, 6.45) is 4.92. The van der Waals surface area contributed by atoms with Crippen LogP contribution in [0.25, 0.3) is 5.69 Å². The Hall–Kier alpha value is -2.70. The predicted octanol–water partition coefficient (Wildman–Crippen LogP) is 2.70. The molecule has 0 saturated heterocycles. The summed E-state index contributed by atoms with van der Waals surface area (Å²) in [5.41, 5.74) is 0.858. The quantitative estimate of drug-likeness (QED) is 0.655. The summed E-state index contributed by atoms with van der Waals surface area (Å²) < 4.78 is 1.47. The molecule has 1 aliphatic rings. The summed E-state index contributed by atoms with van der Waals surface area (Å²) >= 11 is 0. The van der Waals surface area contributed by atoms with E-state index in [0.29, 0.717) is 17.3 Å². The smallest absolute Gasteiger partial charge is 0.272 e. The molecule has 23 heavy (non-hydrogen) atoms. The van der Waals surface area contributed by atoms with E-state index in [2.05, 4.69) is 17.3 Å². The molecule has 1 saturated carbocycles. The lowest BCUT2D eigenvalue weighted by molar-refractivity contribution is -0.384. The van der Waals surface area contributed by atoms with Crippen molar-refractivity contribution in [2.24, 2.45) is 5.92 Å². The molecule has 1 N–H and O–H groups in total. The molecule has 1 aromatic heterocycles. The second-order valence-electron chi connectivity index (χ2n) is 5.79. The number of nitrogens with one attached hydrogen (secondary N) is 1. The van der Waals surface area contributed by atoms with E-state index in [4.69, 9.17) is 0 Å². The molecule has 0 spiro atoms. The molecule has 1 fully saturated rings. The van der Waals surface area contributed by atoms with Gasteiger partial charge in [-0.3, -0.25) is 14.9 Å². The van der Waals surface area contributed by atoms with Crippen LogP contribution in [0.4, 0.5) is 5.69 Å². The molecule has 3 rings (SSSR count). The van der Waals surface area contributed by atoms with Crippen molar-refractivity contribution in [1.82, 2.24) is 15.1 Å². The number of amides is 1. The highest BCUT2D eigenvalue weighted by atomic mass is 16.6. The maximum absolute atomic E-state index is 12.2. The van der Waals surface area contributed by atoms with E-state index in [-0.39, 0.29) is 17.6 Å². The Bertz CT molecular complexity index is 740. The maximum Gasteiger partial charge on any atom is 0.272 e. The van der Waals surface area contributed by atoms with Crippen LogP contribution >= 0.6 is 0 Å². The minimum absolute atomic E-state index is 0.00982.